The molecule has 2 rings (SSSR count). The van der Waals surface area contributed by atoms with Crippen molar-refractivity contribution in [2.45, 2.75) is 45.6 Å². The molecule has 102 valence electrons. The molecule has 1 amide bonds. The Balaban J connectivity index is 1.95. The van der Waals surface area contributed by atoms with E-state index in [2.05, 4.69) is 24.1 Å². The second-order valence-corrected chi connectivity index (χ2v) is 5.15. The van der Waals surface area contributed by atoms with Gasteiger partial charge in [0.05, 0.1) is 0 Å². The lowest BCUT2D eigenvalue weighted by Crippen LogP contribution is -2.32. The number of H-pyrrole nitrogens is 1. The number of unbranched alkanes of at least 4 members (excludes halogenated alkanes) is 2. The molecule has 0 unspecified atom stereocenters. The van der Waals surface area contributed by atoms with Crippen LogP contribution in [-0.4, -0.2) is 16.9 Å². The highest BCUT2D eigenvalue weighted by Crippen LogP contribution is 2.14. The molecule has 1 aromatic heterocycles. The third-order valence-corrected chi connectivity index (χ3v) is 3.43. The van der Waals surface area contributed by atoms with Gasteiger partial charge in [-0.2, -0.15) is 0 Å². The van der Waals surface area contributed by atoms with Crippen LogP contribution in [0.25, 0.3) is 10.9 Å². The highest BCUT2D eigenvalue weighted by atomic mass is 16.1. The van der Waals surface area contributed by atoms with Crippen LogP contribution >= 0.6 is 0 Å². The molecule has 0 fully saturated rings. The average molecular weight is 258 g/mol. The average Bonchev–Trinajstić information content (AvgIpc) is 2.86. The molecule has 0 aliphatic rings. The standard InChI is InChI=1S/C16H22N2O/c1-3-4-5-6-12(2)18-16(19)14-7-8-15-13(11-14)9-10-17-15/h7-12,17H,3-6H2,1-2H3,(H,18,19)/t12-/m0/s1. The van der Waals surface area contributed by atoms with Crippen LogP contribution in [0.15, 0.2) is 30.5 Å². The lowest BCUT2D eigenvalue weighted by Gasteiger charge is -2.13. The van der Waals surface area contributed by atoms with Crippen LogP contribution in [0.4, 0.5) is 0 Å². The first-order valence-corrected chi connectivity index (χ1v) is 7.08. The fourth-order valence-electron chi connectivity index (χ4n) is 2.27. The van der Waals surface area contributed by atoms with Crippen LogP contribution in [-0.2, 0) is 0 Å². The number of hydrogen-bond acceptors (Lipinski definition) is 1. The Labute approximate surface area is 114 Å². The highest BCUT2D eigenvalue weighted by molar-refractivity contribution is 5.98. The zero-order valence-electron chi connectivity index (χ0n) is 11.7. The topological polar surface area (TPSA) is 44.9 Å². The first-order chi connectivity index (χ1) is 9.20. The van der Waals surface area contributed by atoms with Gasteiger partial charge in [-0.25, -0.2) is 0 Å². The first kappa shape index (κ1) is 13.7. The molecule has 0 saturated heterocycles. The molecular weight excluding hydrogens is 236 g/mol. The summed E-state index contributed by atoms with van der Waals surface area (Å²) in [5.74, 6) is 0.0205. The number of amides is 1. The highest BCUT2D eigenvalue weighted by Gasteiger charge is 2.10. The van der Waals surface area contributed by atoms with Gasteiger partial charge in [-0.05, 0) is 37.6 Å². The van der Waals surface area contributed by atoms with Crippen LogP contribution in [0.1, 0.15) is 49.9 Å². The van der Waals surface area contributed by atoms with Gasteiger partial charge in [0, 0.05) is 28.7 Å². The summed E-state index contributed by atoms with van der Waals surface area (Å²) in [6, 6.07) is 7.97. The zero-order valence-corrected chi connectivity index (χ0v) is 11.7. The number of nitrogens with one attached hydrogen (secondary N) is 2. The van der Waals surface area contributed by atoms with Crippen molar-refractivity contribution in [2.75, 3.05) is 0 Å². The molecule has 1 atom stereocenters. The Hall–Kier alpha value is -1.77. The van der Waals surface area contributed by atoms with Crippen LogP contribution < -0.4 is 5.32 Å². The number of carbonyl (C=O) groups is 1. The van der Waals surface area contributed by atoms with Crippen LogP contribution in [0, 0.1) is 0 Å². The predicted octanol–water partition coefficient (Wildman–Crippen LogP) is 3.87. The molecule has 0 aliphatic heterocycles. The molecule has 1 heterocycles. The normalized spacial score (nSPS) is 12.5. The molecule has 19 heavy (non-hydrogen) atoms. The fraction of sp³-hybridized carbons (Fsp3) is 0.438. The van der Waals surface area contributed by atoms with Gasteiger partial charge in [-0.3, -0.25) is 4.79 Å². The Morgan fingerprint density at radius 3 is 2.95 bits per heavy atom. The summed E-state index contributed by atoms with van der Waals surface area (Å²) >= 11 is 0. The van der Waals surface area contributed by atoms with E-state index < -0.39 is 0 Å². The van der Waals surface area contributed by atoms with Crippen molar-refractivity contribution in [2.24, 2.45) is 0 Å². The minimum atomic E-state index is 0.0205. The Bertz CT molecular complexity index is 544. The molecule has 2 N–H and O–H groups in total. The van der Waals surface area contributed by atoms with E-state index in [9.17, 15) is 4.79 Å². The smallest absolute Gasteiger partial charge is 0.251 e. The van der Waals surface area contributed by atoms with Gasteiger partial charge in [0.15, 0.2) is 0 Å². The maximum absolute atomic E-state index is 12.1. The summed E-state index contributed by atoms with van der Waals surface area (Å²) in [6.45, 7) is 4.26. The maximum Gasteiger partial charge on any atom is 0.251 e. The molecule has 3 heteroatoms. The van der Waals surface area contributed by atoms with Gasteiger partial charge < -0.3 is 10.3 Å². The van der Waals surface area contributed by atoms with Crippen LogP contribution in [0.5, 0.6) is 0 Å². The third-order valence-electron chi connectivity index (χ3n) is 3.43. The number of benzene rings is 1. The molecule has 3 nitrogen and oxygen atoms in total. The van der Waals surface area contributed by atoms with Gasteiger partial charge in [0.25, 0.3) is 5.91 Å². The van der Waals surface area contributed by atoms with Gasteiger partial charge in [-0.15, -0.1) is 0 Å². The van der Waals surface area contributed by atoms with E-state index in [1.165, 1.54) is 19.3 Å². The second kappa shape index (κ2) is 6.41. The Kier molecular flexibility index (Phi) is 4.61. The largest absolute Gasteiger partial charge is 0.361 e. The SMILES string of the molecule is CCCCC[C@H](C)NC(=O)c1ccc2[nH]ccc2c1. The quantitative estimate of drug-likeness (QED) is 0.759. The van der Waals surface area contributed by atoms with E-state index in [0.29, 0.717) is 0 Å². The summed E-state index contributed by atoms with van der Waals surface area (Å²) in [5.41, 5.74) is 1.79. The van der Waals surface area contributed by atoms with Crippen molar-refractivity contribution in [1.29, 1.82) is 0 Å². The lowest BCUT2D eigenvalue weighted by atomic mass is 10.1. The number of aromatic nitrogens is 1. The van der Waals surface area contributed by atoms with Crippen molar-refractivity contribution < 1.29 is 4.79 Å². The fourth-order valence-corrected chi connectivity index (χ4v) is 2.27. The lowest BCUT2D eigenvalue weighted by molar-refractivity contribution is 0.0938. The molecule has 0 radical (unpaired) electrons. The zero-order chi connectivity index (χ0) is 13.7. The van der Waals surface area contributed by atoms with Gasteiger partial charge in [-0.1, -0.05) is 26.2 Å². The van der Waals surface area contributed by atoms with E-state index in [1.54, 1.807) is 0 Å². The predicted molar refractivity (Wildman–Crippen MR) is 79.4 cm³/mol. The molecule has 0 saturated carbocycles. The minimum absolute atomic E-state index is 0.0205. The summed E-state index contributed by atoms with van der Waals surface area (Å²) in [7, 11) is 0. The molecule has 0 bridgehead atoms. The van der Waals surface area contributed by atoms with Crippen LogP contribution in [0.3, 0.4) is 0 Å². The van der Waals surface area contributed by atoms with Crippen molar-refractivity contribution >= 4 is 16.8 Å². The summed E-state index contributed by atoms with van der Waals surface area (Å²) in [5, 5.41) is 4.14. The summed E-state index contributed by atoms with van der Waals surface area (Å²) in [4.78, 5) is 15.3. The first-order valence-electron chi connectivity index (χ1n) is 7.08. The number of aromatic amines is 1. The van der Waals surface area contributed by atoms with Gasteiger partial charge in [0.1, 0.15) is 0 Å². The molecule has 0 aliphatic carbocycles. The van der Waals surface area contributed by atoms with E-state index >= 15 is 0 Å². The molecule has 0 spiro atoms. The van der Waals surface area contributed by atoms with Crippen molar-refractivity contribution in [1.82, 2.24) is 10.3 Å². The van der Waals surface area contributed by atoms with Crippen molar-refractivity contribution in [3.63, 3.8) is 0 Å². The monoisotopic (exact) mass is 258 g/mol. The van der Waals surface area contributed by atoms with E-state index in [0.717, 1.165) is 22.9 Å². The van der Waals surface area contributed by atoms with E-state index in [1.807, 2.05) is 30.5 Å². The third kappa shape index (κ3) is 3.60. The molecule has 1 aromatic carbocycles. The number of rotatable bonds is 6. The molecule has 2 aromatic rings. The van der Waals surface area contributed by atoms with E-state index in [4.69, 9.17) is 0 Å². The van der Waals surface area contributed by atoms with Crippen molar-refractivity contribution in [3.05, 3.63) is 36.0 Å². The number of carbonyl (C=O) groups excluding carboxylic acids is 1. The maximum atomic E-state index is 12.1. The van der Waals surface area contributed by atoms with Gasteiger partial charge >= 0.3 is 0 Å². The number of fused-ring (bicyclic) bond motifs is 1. The Morgan fingerprint density at radius 2 is 2.16 bits per heavy atom. The van der Waals surface area contributed by atoms with E-state index in [-0.39, 0.29) is 11.9 Å². The summed E-state index contributed by atoms with van der Waals surface area (Å²) in [6.07, 6.45) is 6.56. The van der Waals surface area contributed by atoms with Gasteiger partial charge in [0.2, 0.25) is 0 Å². The Morgan fingerprint density at radius 1 is 1.32 bits per heavy atom. The number of hydrogen-bond donors (Lipinski definition) is 2. The summed E-state index contributed by atoms with van der Waals surface area (Å²) < 4.78 is 0. The second-order valence-electron chi connectivity index (χ2n) is 5.15. The van der Waals surface area contributed by atoms with Crippen molar-refractivity contribution in [3.8, 4) is 0 Å². The van der Waals surface area contributed by atoms with Crippen LogP contribution in [0.2, 0.25) is 0 Å². The minimum Gasteiger partial charge on any atom is -0.361 e. The molecular formula is C16H22N2O.